The minimum atomic E-state index is 0.122. The van der Waals surface area contributed by atoms with E-state index < -0.39 is 0 Å². The van der Waals surface area contributed by atoms with Gasteiger partial charge in [0.15, 0.2) is 0 Å². The minimum Gasteiger partial charge on any atom is -0.618 e. The van der Waals surface area contributed by atoms with Gasteiger partial charge in [0.1, 0.15) is 17.0 Å². The van der Waals surface area contributed by atoms with E-state index in [4.69, 9.17) is 4.98 Å². The number of benzene rings is 3. The maximum absolute atomic E-state index is 13.1. The van der Waals surface area contributed by atoms with Crippen LogP contribution in [0, 0.1) is 5.21 Å². The molecule has 1 heterocycles. The number of phenols is 1. The third kappa shape index (κ3) is 2.97. The summed E-state index contributed by atoms with van der Waals surface area (Å²) >= 11 is 0. The molecule has 3 aromatic carbocycles. The fraction of sp³-hybridized carbons (Fsp3) is 0.0909. The highest BCUT2D eigenvalue weighted by atomic mass is 16.5. The Morgan fingerprint density at radius 3 is 2.31 bits per heavy atom. The van der Waals surface area contributed by atoms with Crippen molar-refractivity contribution < 1.29 is 9.84 Å². The fourth-order valence-electron chi connectivity index (χ4n) is 3.17. The van der Waals surface area contributed by atoms with Crippen molar-refractivity contribution in [2.75, 3.05) is 0 Å². The first-order chi connectivity index (χ1) is 12.7. The van der Waals surface area contributed by atoms with Gasteiger partial charge in [0.25, 0.3) is 0 Å². The molecule has 0 amide bonds. The van der Waals surface area contributed by atoms with Crippen molar-refractivity contribution >= 4 is 11.0 Å². The standard InChI is InChI=1S/C22H18N2O2/c25-21-13-7-4-10-17(21)22-20(15-14-16-8-2-1-3-9-16)24(26)19-12-6-5-11-18(19)23-22/h1-13,25H,14-15H2. The maximum Gasteiger partial charge on any atom is 0.242 e. The number of aromatic nitrogens is 2. The molecule has 0 radical (unpaired) electrons. The molecule has 0 spiro atoms. The van der Waals surface area contributed by atoms with E-state index in [2.05, 4.69) is 0 Å². The van der Waals surface area contributed by atoms with Gasteiger partial charge in [-0.2, -0.15) is 4.73 Å². The topological polar surface area (TPSA) is 60.1 Å². The normalized spacial score (nSPS) is 10.9. The van der Waals surface area contributed by atoms with E-state index in [-0.39, 0.29) is 5.75 Å². The predicted molar refractivity (Wildman–Crippen MR) is 102 cm³/mol. The van der Waals surface area contributed by atoms with E-state index in [0.717, 1.165) is 16.7 Å². The number of aromatic hydroxyl groups is 1. The molecule has 0 fully saturated rings. The molecular weight excluding hydrogens is 324 g/mol. The summed E-state index contributed by atoms with van der Waals surface area (Å²) in [4.78, 5) is 4.70. The van der Waals surface area contributed by atoms with Gasteiger partial charge in [0.05, 0.1) is 0 Å². The molecule has 128 valence electrons. The second kappa shape index (κ2) is 6.84. The highest BCUT2D eigenvalue weighted by molar-refractivity contribution is 5.77. The molecule has 0 bridgehead atoms. The number of rotatable bonds is 4. The zero-order valence-electron chi connectivity index (χ0n) is 14.2. The van der Waals surface area contributed by atoms with Crippen molar-refractivity contribution in [1.82, 2.24) is 4.98 Å². The third-order valence-corrected chi connectivity index (χ3v) is 4.50. The van der Waals surface area contributed by atoms with E-state index in [1.807, 2.05) is 54.6 Å². The van der Waals surface area contributed by atoms with Crippen LogP contribution in [0.5, 0.6) is 5.75 Å². The fourth-order valence-corrected chi connectivity index (χ4v) is 3.17. The zero-order chi connectivity index (χ0) is 17.9. The molecule has 26 heavy (non-hydrogen) atoms. The summed E-state index contributed by atoms with van der Waals surface area (Å²) in [5, 5.41) is 23.3. The lowest BCUT2D eigenvalue weighted by molar-refractivity contribution is -0.585. The SMILES string of the molecule is [O-][n+]1c(CCc2ccccc2)c(-c2ccccc2O)nc2ccccc21. The Morgan fingerprint density at radius 2 is 1.50 bits per heavy atom. The number of fused-ring (bicyclic) bond motifs is 1. The van der Waals surface area contributed by atoms with Crippen molar-refractivity contribution in [3.05, 3.63) is 95.3 Å². The number of para-hydroxylation sites is 3. The molecular formula is C22H18N2O2. The van der Waals surface area contributed by atoms with Crippen molar-refractivity contribution in [3.8, 4) is 17.0 Å². The average molecular weight is 342 g/mol. The van der Waals surface area contributed by atoms with Gasteiger partial charge < -0.3 is 10.3 Å². The molecule has 1 aromatic heterocycles. The first-order valence-electron chi connectivity index (χ1n) is 8.57. The molecule has 1 N–H and O–H groups in total. The summed E-state index contributed by atoms with van der Waals surface area (Å²) in [5.74, 6) is 0.122. The molecule has 0 atom stereocenters. The number of aryl methyl sites for hydroxylation is 1. The lowest BCUT2D eigenvalue weighted by atomic mass is 10.0. The third-order valence-electron chi connectivity index (χ3n) is 4.50. The van der Waals surface area contributed by atoms with E-state index in [1.54, 1.807) is 24.3 Å². The van der Waals surface area contributed by atoms with Crippen LogP contribution < -0.4 is 4.73 Å². The van der Waals surface area contributed by atoms with Gasteiger partial charge in [-0.15, -0.1) is 0 Å². The van der Waals surface area contributed by atoms with E-state index in [9.17, 15) is 10.3 Å². The van der Waals surface area contributed by atoms with Gasteiger partial charge >= 0.3 is 0 Å². The Kier molecular flexibility index (Phi) is 4.23. The molecule has 0 saturated heterocycles. The molecule has 0 aliphatic rings. The first kappa shape index (κ1) is 16.1. The Hall–Kier alpha value is -3.40. The minimum absolute atomic E-state index is 0.122. The van der Waals surface area contributed by atoms with Crippen molar-refractivity contribution in [1.29, 1.82) is 0 Å². The molecule has 0 aliphatic carbocycles. The van der Waals surface area contributed by atoms with Crippen LogP contribution in [-0.2, 0) is 12.8 Å². The number of phenolic OH excluding ortho intramolecular Hbond substituents is 1. The van der Waals surface area contributed by atoms with Crippen LogP contribution in [-0.4, -0.2) is 10.1 Å². The number of nitrogens with zero attached hydrogens (tertiary/aromatic N) is 2. The largest absolute Gasteiger partial charge is 0.618 e. The Morgan fingerprint density at radius 1 is 0.808 bits per heavy atom. The number of hydrogen-bond donors (Lipinski definition) is 1. The van der Waals surface area contributed by atoms with Gasteiger partial charge in [0.2, 0.25) is 11.2 Å². The van der Waals surface area contributed by atoms with Crippen LogP contribution in [0.15, 0.2) is 78.9 Å². The Bertz CT molecular complexity index is 1060. The van der Waals surface area contributed by atoms with E-state index in [0.29, 0.717) is 34.4 Å². The highest BCUT2D eigenvalue weighted by Gasteiger charge is 2.21. The van der Waals surface area contributed by atoms with Crippen molar-refractivity contribution in [3.63, 3.8) is 0 Å². The van der Waals surface area contributed by atoms with Crippen LogP contribution in [0.25, 0.3) is 22.3 Å². The first-order valence-corrected chi connectivity index (χ1v) is 8.57. The van der Waals surface area contributed by atoms with Crippen LogP contribution in [0.1, 0.15) is 11.3 Å². The van der Waals surface area contributed by atoms with Crippen LogP contribution in [0.2, 0.25) is 0 Å². The molecule has 4 heteroatoms. The summed E-state index contributed by atoms with van der Waals surface area (Å²) in [6.45, 7) is 0. The van der Waals surface area contributed by atoms with Crippen molar-refractivity contribution in [2.45, 2.75) is 12.8 Å². The molecule has 0 saturated carbocycles. The van der Waals surface area contributed by atoms with Crippen LogP contribution in [0.4, 0.5) is 0 Å². The monoisotopic (exact) mass is 342 g/mol. The summed E-state index contributed by atoms with van der Waals surface area (Å²) in [6, 6.07) is 24.3. The summed E-state index contributed by atoms with van der Waals surface area (Å²) in [6.07, 6.45) is 1.26. The molecule has 4 aromatic rings. The maximum atomic E-state index is 13.1. The average Bonchev–Trinajstić information content (AvgIpc) is 2.68. The summed E-state index contributed by atoms with van der Waals surface area (Å²) in [7, 11) is 0. The van der Waals surface area contributed by atoms with Crippen molar-refractivity contribution in [2.24, 2.45) is 0 Å². The van der Waals surface area contributed by atoms with Gasteiger partial charge in [-0.25, -0.2) is 4.98 Å². The second-order valence-corrected chi connectivity index (χ2v) is 6.19. The summed E-state index contributed by atoms with van der Waals surface area (Å²) < 4.78 is 0.951. The molecule has 4 rings (SSSR count). The predicted octanol–water partition coefficient (Wildman–Crippen LogP) is 4.03. The molecule has 0 aliphatic heterocycles. The van der Waals surface area contributed by atoms with Gasteiger partial charge in [-0.05, 0) is 30.2 Å². The lowest BCUT2D eigenvalue weighted by Crippen LogP contribution is -2.34. The van der Waals surface area contributed by atoms with Gasteiger partial charge in [-0.1, -0.05) is 54.6 Å². The highest BCUT2D eigenvalue weighted by Crippen LogP contribution is 2.30. The zero-order valence-corrected chi connectivity index (χ0v) is 14.2. The molecule has 0 unspecified atom stereocenters. The molecule has 4 nitrogen and oxygen atoms in total. The van der Waals surface area contributed by atoms with E-state index >= 15 is 0 Å². The second-order valence-electron chi connectivity index (χ2n) is 6.19. The smallest absolute Gasteiger partial charge is 0.242 e. The van der Waals surface area contributed by atoms with Crippen LogP contribution in [0.3, 0.4) is 0 Å². The van der Waals surface area contributed by atoms with E-state index in [1.165, 1.54) is 0 Å². The Labute approximate surface area is 151 Å². The van der Waals surface area contributed by atoms with Gasteiger partial charge in [-0.3, -0.25) is 0 Å². The van der Waals surface area contributed by atoms with Gasteiger partial charge in [0, 0.05) is 18.1 Å². The Balaban J connectivity index is 1.87. The van der Waals surface area contributed by atoms with Crippen LogP contribution >= 0.6 is 0 Å². The summed E-state index contributed by atoms with van der Waals surface area (Å²) in [5.41, 5.74) is 3.98. The lowest BCUT2D eigenvalue weighted by Gasteiger charge is -2.13. The number of hydrogen-bond acceptors (Lipinski definition) is 3. The quantitative estimate of drug-likeness (QED) is 0.450.